The summed E-state index contributed by atoms with van der Waals surface area (Å²) in [5.41, 5.74) is 9.77. The van der Waals surface area contributed by atoms with Gasteiger partial charge in [-0.2, -0.15) is 0 Å². The monoisotopic (exact) mass is 211 g/mol. The minimum atomic E-state index is -0.211. The third-order valence-electron chi connectivity index (χ3n) is 1.03. The Morgan fingerprint density at radius 2 is 1.77 bits per heavy atom. The smallest absolute Gasteiger partial charge is 0.217 e. The molecule has 0 aliphatic rings. The molecule has 0 unspecified atom stereocenters. The van der Waals surface area contributed by atoms with Gasteiger partial charge in [0.15, 0.2) is 0 Å². The third kappa shape index (κ3) is 33.9. The van der Waals surface area contributed by atoms with E-state index in [2.05, 4.69) is 0 Å². The first-order valence-electron chi connectivity index (χ1n) is 4.17. The second kappa shape index (κ2) is 14.2. The number of amides is 1. The van der Waals surface area contributed by atoms with Crippen molar-refractivity contribution in [2.45, 2.75) is 19.8 Å². The maximum atomic E-state index is 10.2. The fraction of sp³-hybridized carbons (Fsp3) is 0.875. The van der Waals surface area contributed by atoms with Gasteiger partial charge >= 0.3 is 0 Å². The summed E-state index contributed by atoms with van der Waals surface area (Å²) in [6.07, 6.45) is 1.36. The van der Waals surface area contributed by atoms with Crippen LogP contribution in [0, 0.1) is 0 Å². The van der Waals surface area contributed by atoms with Gasteiger partial charge in [0.05, 0.1) is 0 Å². The molecule has 13 heavy (non-hydrogen) atoms. The van der Waals surface area contributed by atoms with Gasteiger partial charge in [-0.1, -0.05) is 6.92 Å². The van der Waals surface area contributed by atoms with Crippen LogP contribution < -0.4 is 11.5 Å². The molecule has 5 heteroatoms. The van der Waals surface area contributed by atoms with E-state index < -0.39 is 0 Å². The largest absolute Gasteiger partial charge is 0.370 e. The van der Waals surface area contributed by atoms with Crippen molar-refractivity contribution in [1.29, 1.82) is 0 Å². The number of hydrogen-bond acceptors (Lipinski definition) is 3. The summed E-state index contributed by atoms with van der Waals surface area (Å²) < 4.78 is 0. The van der Waals surface area contributed by atoms with Crippen LogP contribution in [0.5, 0.6) is 0 Å². The summed E-state index contributed by atoms with van der Waals surface area (Å²) in [6, 6.07) is 0. The first-order chi connectivity index (χ1) is 5.54. The summed E-state index contributed by atoms with van der Waals surface area (Å²) >= 11 is 0. The Kier molecular flexibility index (Phi) is 20.2. The van der Waals surface area contributed by atoms with Gasteiger partial charge < -0.3 is 16.4 Å². The molecule has 1 amide bonds. The Labute approximate surface area is 87.1 Å². The summed E-state index contributed by atoms with van der Waals surface area (Å²) in [5.74, 6) is -0.211. The Morgan fingerprint density at radius 3 is 2.00 bits per heavy atom. The van der Waals surface area contributed by atoms with E-state index in [1.807, 2.05) is 25.9 Å². The molecule has 0 aliphatic heterocycles. The molecule has 0 saturated heterocycles. The maximum absolute atomic E-state index is 10.2. The van der Waals surface area contributed by atoms with E-state index in [0.717, 1.165) is 19.5 Å². The Bertz CT molecular complexity index is 110. The first-order valence-corrected chi connectivity index (χ1v) is 4.17. The van der Waals surface area contributed by atoms with Gasteiger partial charge in [-0.3, -0.25) is 4.79 Å². The van der Waals surface area contributed by atoms with Crippen LogP contribution in [0.15, 0.2) is 0 Å². The van der Waals surface area contributed by atoms with Crippen LogP contribution in [0.3, 0.4) is 0 Å². The van der Waals surface area contributed by atoms with E-state index in [0.29, 0.717) is 6.42 Å². The number of rotatable bonds is 4. The fourth-order valence-corrected chi connectivity index (χ4v) is 0.570. The molecule has 0 bridgehead atoms. The lowest BCUT2D eigenvalue weighted by atomic mass is 10.3. The lowest BCUT2D eigenvalue weighted by molar-refractivity contribution is -0.118. The molecular weight excluding hydrogens is 190 g/mol. The molecule has 0 atom stereocenters. The SMILES string of the molecule is CCN.CN(C)CCCC(N)=O.Cl. The molecule has 0 saturated carbocycles. The number of nitrogens with two attached hydrogens (primary N) is 2. The van der Waals surface area contributed by atoms with Gasteiger partial charge in [-0.25, -0.2) is 0 Å². The second-order valence-electron chi connectivity index (χ2n) is 2.78. The van der Waals surface area contributed by atoms with Crippen molar-refractivity contribution in [3.8, 4) is 0 Å². The number of nitrogens with zero attached hydrogens (tertiary/aromatic N) is 1. The van der Waals surface area contributed by atoms with Crippen LogP contribution in [0.2, 0.25) is 0 Å². The van der Waals surface area contributed by atoms with Crippen molar-refractivity contribution >= 4 is 18.3 Å². The maximum Gasteiger partial charge on any atom is 0.217 e. The highest BCUT2D eigenvalue weighted by Crippen LogP contribution is 1.87. The van der Waals surface area contributed by atoms with Gasteiger partial charge in [0.1, 0.15) is 0 Å². The molecule has 0 aromatic rings. The molecule has 0 aromatic heterocycles. The molecule has 82 valence electrons. The van der Waals surface area contributed by atoms with Crippen molar-refractivity contribution in [3.05, 3.63) is 0 Å². The highest BCUT2D eigenvalue weighted by atomic mass is 35.5. The molecule has 0 aromatic carbocycles. The van der Waals surface area contributed by atoms with Crippen LogP contribution in [-0.4, -0.2) is 38.0 Å². The lowest BCUT2D eigenvalue weighted by Crippen LogP contribution is -2.17. The third-order valence-corrected chi connectivity index (χ3v) is 1.03. The van der Waals surface area contributed by atoms with E-state index in [1.165, 1.54) is 0 Å². The first kappa shape index (κ1) is 18.5. The summed E-state index contributed by atoms with van der Waals surface area (Å²) in [5, 5.41) is 0. The number of carbonyl (C=O) groups excluding carboxylic acids is 1. The zero-order valence-electron chi connectivity index (χ0n) is 8.75. The molecular formula is C8H22ClN3O. The fourth-order valence-electron chi connectivity index (χ4n) is 0.570. The quantitative estimate of drug-likeness (QED) is 0.698. The predicted molar refractivity (Wildman–Crippen MR) is 59.0 cm³/mol. The normalized spacial score (nSPS) is 8.38. The number of carbonyl (C=O) groups is 1. The van der Waals surface area contributed by atoms with Crippen molar-refractivity contribution in [3.63, 3.8) is 0 Å². The average molecular weight is 212 g/mol. The zero-order valence-corrected chi connectivity index (χ0v) is 9.56. The highest BCUT2D eigenvalue weighted by Gasteiger charge is 1.93. The summed E-state index contributed by atoms with van der Waals surface area (Å²) in [7, 11) is 3.95. The van der Waals surface area contributed by atoms with Gasteiger partial charge in [-0.05, 0) is 33.6 Å². The molecule has 0 heterocycles. The molecule has 0 radical (unpaired) electrons. The van der Waals surface area contributed by atoms with Gasteiger partial charge in [0.2, 0.25) is 5.91 Å². The minimum absolute atomic E-state index is 0. The van der Waals surface area contributed by atoms with Crippen molar-refractivity contribution in [2.24, 2.45) is 11.5 Å². The van der Waals surface area contributed by atoms with Gasteiger partial charge in [-0.15, -0.1) is 12.4 Å². The van der Waals surface area contributed by atoms with E-state index in [1.54, 1.807) is 0 Å². The molecule has 0 aliphatic carbocycles. The Hall–Kier alpha value is -0.320. The van der Waals surface area contributed by atoms with Crippen LogP contribution in [0.4, 0.5) is 0 Å². The summed E-state index contributed by atoms with van der Waals surface area (Å²) in [4.78, 5) is 12.2. The average Bonchev–Trinajstić information content (AvgIpc) is 1.87. The number of halogens is 1. The van der Waals surface area contributed by atoms with Crippen LogP contribution in [0.25, 0.3) is 0 Å². The molecule has 0 spiro atoms. The van der Waals surface area contributed by atoms with Crippen LogP contribution in [0.1, 0.15) is 19.8 Å². The molecule has 4 nitrogen and oxygen atoms in total. The van der Waals surface area contributed by atoms with Gasteiger partial charge in [0.25, 0.3) is 0 Å². The molecule has 0 fully saturated rings. The standard InChI is InChI=1S/C6H14N2O.C2H7N.ClH/c1-8(2)5-3-4-6(7)9;1-2-3;/h3-5H2,1-2H3,(H2,7,9);2-3H2,1H3;1H. The minimum Gasteiger partial charge on any atom is -0.370 e. The summed E-state index contributed by atoms with van der Waals surface area (Å²) in [6.45, 7) is 3.59. The van der Waals surface area contributed by atoms with Crippen molar-refractivity contribution in [1.82, 2.24) is 4.90 Å². The van der Waals surface area contributed by atoms with E-state index in [-0.39, 0.29) is 18.3 Å². The lowest BCUT2D eigenvalue weighted by Gasteiger charge is -2.06. The highest BCUT2D eigenvalue weighted by molar-refractivity contribution is 5.85. The van der Waals surface area contributed by atoms with E-state index in [9.17, 15) is 4.79 Å². The molecule has 4 N–H and O–H groups in total. The Morgan fingerprint density at radius 1 is 1.38 bits per heavy atom. The molecule has 0 rings (SSSR count). The van der Waals surface area contributed by atoms with E-state index >= 15 is 0 Å². The van der Waals surface area contributed by atoms with Crippen LogP contribution in [-0.2, 0) is 4.79 Å². The van der Waals surface area contributed by atoms with Crippen molar-refractivity contribution < 1.29 is 4.79 Å². The van der Waals surface area contributed by atoms with Crippen molar-refractivity contribution in [2.75, 3.05) is 27.2 Å². The van der Waals surface area contributed by atoms with E-state index in [4.69, 9.17) is 11.5 Å². The van der Waals surface area contributed by atoms with Crippen LogP contribution >= 0.6 is 12.4 Å². The second-order valence-corrected chi connectivity index (χ2v) is 2.78. The predicted octanol–water partition coefficient (Wildman–Crippen LogP) is 0.200. The topological polar surface area (TPSA) is 72.3 Å². The number of hydrogen-bond donors (Lipinski definition) is 2. The van der Waals surface area contributed by atoms with Gasteiger partial charge in [0, 0.05) is 6.42 Å². The number of primary amides is 1. The Balaban J connectivity index is -0.000000220. The zero-order chi connectivity index (χ0) is 9.98.